The Kier molecular flexibility index (Phi) is 3.97. The third-order valence-corrected chi connectivity index (χ3v) is 3.04. The number of hydrogen-bond acceptors (Lipinski definition) is 4. The molecule has 1 aliphatic carbocycles. The third-order valence-electron chi connectivity index (χ3n) is 3.04. The maximum Gasteiger partial charge on any atom is 0.122 e. The number of aliphatic hydroxyl groups is 1. The van der Waals surface area contributed by atoms with Crippen molar-refractivity contribution < 1.29 is 9.84 Å². The molecule has 1 atom stereocenters. The smallest absolute Gasteiger partial charge is 0.122 e. The molecule has 1 saturated carbocycles. The maximum absolute atomic E-state index is 9.71. The Hall–Kier alpha value is -1.13. The van der Waals surface area contributed by atoms with Gasteiger partial charge in [0.05, 0.1) is 18.9 Å². The standard InChI is InChI=1S/C13H20N2O2/c1-9-5-12(17-2)6-11(15-9)7-14-8-13(16)10-3-4-10/h5-6,10,13-14,16H,3-4,7-8H2,1-2H3. The molecule has 0 bridgehead atoms. The molecule has 0 aromatic carbocycles. The van der Waals surface area contributed by atoms with Gasteiger partial charge in [-0.15, -0.1) is 0 Å². The predicted octanol–water partition coefficient (Wildman–Crippen LogP) is 1.26. The third kappa shape index (κ3) is 3.68. The Morgan fingerprint density at radius 1 is 1.53 bits per heavy atom. The number of methoxy groups -OCH3 is 1. The van der Waals surface area contributed by atoms with E-state index in [0.717, 1.165) is 17.1 Å². The largest absolute Gasteiger partial charge is 0.497 e. The fourth-order valence-corrected chi connectivity index (χ4v) is 1.91. The highest BCUT2D eigenvalue weighted by molar-refractivity contribution is 5.26. The first kappa shape index (κ1) is 12.3. The number of ether oxygens (including phenoxy) is 1. The number of aliphatic hydroxyl groups excluding tert-OH is 1. The van der Waals surface area contributed by atoms with E-state index in [1.165, 1.54) is 12.8 Å². The predicted molar refractivity (Wildman–Crippen MR) is 66.0 cm³/mol. The average Bonchev–Trinajstić information content (AvgIpc) is 3.12. The zero-order valence-electron chi connectivity index (χ0n) is 10.4. The van der Waals surface area contributed by atoms with Crippen LogP contribution in [0.25, 0.3) is 0 Å². The SMILES string of the molecule is COc1cc(C)nc(CNCC(O)C2CC2)c1. The Balaban J connectivity index is 1.83. The van der Waals surface area contributed by atoms with Crippen LogP contribution in [-0.2, 0) is 6.54 Å². The van der Waals surface area contributed by atoms with Gasteiger partial charge in [0.25, 0.3) is 0 Å². The second kappa shape index (κ2) is 5.47. The molecule has 2 N–H and O–H groups in total. The van der Waals surface area contributed by atoms with E-state index in [1.807, 2.05) is 19.1 Å². The molecule has 1 unspecified atom stereocenters. The maximum atomic E-state index is 9.71. The van der Waals surface area contributed by atoms with E-state index >= 15 is 0 Å². The van der Waals surface area contributed by atoms with Gasteiger partial charge in [-0.05, 0) is 25.7 Å². The van der Waals surface area contributed by atoms with Gasteiger partial charge in [0.15, 0.2) is 0 Å². The number of aryl methyl sites for hydroxylation is 1. The van der Waals surface area contributed by atoms with Crippen molar-refractivity contribution in [3.05, 3.63) is 23.5 Å². The summed E-state index contributed by atoms with van der Waals surface area (Å²) in [6.07, 6.45) is 2.13. The lowest BCUT2D eigenvalue weighted by Gasteiger charge is -2.11. The van der Waals surface area contributed by atoms with Gasteiger partial charge in [-0.25, -0.2) is 0 Å². The number of pyridine rings is 1. The van der Waals surface area contributed by atoms with Gasteiger partial charge >= 0.3 is 0 Å². The van der Waals surface area contributed by atoms with Crippen molar-refractivity contribution in [2.75, 3.05) is 13.7 Å². The fraction of sp³-hybridized carbons (Fsp3) is 0.615. The van der Waals surface area contributed by atoms with Crippen LogP contribution >= 0.6 is 0 Å². The van der Waals surface area contributed by atoms with Crippen molar-refractivity contribution in [1.82, 2.24) is 10.3 Å². The van der Waals surface area contributed by atoms with Crippen LogP contribution in [0.1, 0.15) is 24.2 Å². The van der Waals surface area contributed by atoms with E-state index in [-0.39, 0.29) is 6.10 Å². The number of nitrogens with zero attached hydrogens (tertiary/aromatic N) is 1. The molecule has 1 aromatic rings. The zero-order valence-corrected chi connectivity index (χ0v) is 10.4. The lowest BCUT2D eigenvalue weighted by molar-refractivity contribution is 0.148. The summed E-state index contributed by atoms with van der Waals surface area (Å²) in [4.78, 5) is 4.41. The zero-order chi connectivity index (χ0) is 12.3. The monoisotopic (exact) mass is 236 g/mol. The number of rotatable bonds is 6. The molecule has 1 aromatic heterocycles. The first-order valence-corrected chi connectivity index (χ1v) is 6.09. The average molecular weight is 236 g/mol. The Morgan fingerprint density at radius 2 is 2.29 bits per heavy atom. The van der Waals surface area contributed by atoms with Crippen molar-refractivity contribution in [3.63, 3.8) is 0 Å². The van der Waals surface area contributed by atoms with E-state index in [9.17, 15) is 5.11 Å². The summed E-state index contributed by atoms with van der Waals surface area (Å²) in [6, 6.07) is 3.83. The Labute approximate surface area is 102 Å². The summed E-state index contributed by atoms with van der Waals surface area (Å²) in [5.74, 6) is 1.35. The minimum atomic E-state index is -0.207. The van der Waals surface area contributed by atoms with Gasteiger partial charge in [0.1, 0.15) is 5.75 Å². The highest BCUT2D eigenvalue weighted by atomic mass is 16.5. The van der Waals surface area contributed by atoms with E-state index in [4.69, 9.17) is 4.74 Å². The second-order valence-corrected chi connectivity index (χ2v) is 4.68. The molecule has 4 heteroatoms. The summed E-state index contributed by atoms with van der Waals surface area (Å²) in [5.41, 5.74) is 1.90. The Bertz CT molecular complexity index is 378. The first-order valence-electron chi connectivity index (χ1n) is 6.09. The van der Waals surface area contributed by atoms with Gasteiger partial charge in [-0.2, -0.15) is 0 Å². The highest BCUT2D eigenvalue weighted by Crippen LogP contribution is 2.32. The fourth-order valence-electron chi connectivity index (χ4n) is 1.91. The summed E-state index contributed by atoms with van der Waals surface area (Å²) in [5, 5.41) is 12.9. The van der Waals surface area contributed by atoms with Gasteiger partial charge in [0, 0.05) is 30.9 Å². The van der Waals surface area contributed by atoms with Crippen LogP contribution in [0.4, 0.5) is 0 Å². The van der Waals surface area contributed by atoms with Crippen LogP contribution in [0, 0.1) is 12.8 Å². The lowest BCUT2D eigenvalue weighted by Crippen LogP contribution is -2.28. The van der Waals surface area contributed by atoms with E-state index in [2.05, 4.69) is 10.3 Å². The van der Waals surface area contributed by atoms with E-state index in [0.29, 0.717) is 19.0 Å². The molecule has 0 spiro atoms. The minimum Gasteiger partial charge on any atom is -0.497 e. The van der Waals surface area contributed by atoms with Gasteiger partial charge in [0.2, 0.25) is 0 Å². The van der Waals surface area contributed by atoms with Gasteiger partial charge in [-0.1, -0.05) is 0 Å². The molecular formula is C13H20N2O2. The quantitative estimate of drug-likeness (QED) is 0.780. The molecule has 1 aliphatic rings. The summed E-state index contributed by atoms with van der Waals surface area (Å²) in [6.45, 7) is 3.26. The van der Waals surface area contributed by atoms with Crippen LogP contribution in [0.15, 0.2) is 12.1 Å². The summed E-state index contributed by atoms with van der Waals surface area (Å²) in [7, 11) is 1.66. The molecule has 0 radical (unpaired) electrons. The van der Waals surface area contributed by atoms with Crippen molar-refractivity contribution in [2.24, 2.45) is 5.92 Å². The van der Waals surface area contributed by atoms with Crippen LogP contribution in [0.2, 0.25) is 0 Å². The molecule has 1 fully saturated rings. The molecule has 4 nitrogen and oxygen atoms in total. The van der Waals surface area contributed by atoms with E-state index in [1.54, 1.807) is 7.11 Å². The van der Waals surface area contributed by atoms with Crippen molar-refractivity contribution >= 4 is 0 Å². The van der Waals surface area contributed by atoms with Crippen LogP contribution in [-0.4, -0.2) is 29.8 Å². The van der Waals surface area contributed by atoms with Crippen molar-refractivity contribution in [2.45, 2.75) is 32.4 Å². The lowest BCUT2D eigenvalue weighted by atomic mass is 10.2. The summed E-state index contributed by atoms with van der Waals surface area (Å²) >= 11 is 0. The molecule has 1 heterocycles. The van der Waals surface area contributed by atoms with Crippen molar-refractivity contribution in [1.29, 1.82) is 0 Å². The molecule has 2 rings (SSSR count). The molecule has 0 aliphatic heterocycles. The number of nitrogens with one attached hydrogen (secondary N) is 1. The minimum absolute atomic E-state index is 0.207. The van der Waals surface area contributed by atoms with Gasteiger partial charge < -0.3 is 15.2 Å². The normalized spacial score (nSPS) is 16.9. The Morgan fingerprint density at radius 3 is 2.94 bits per heavy atom. The second-order valence-electron chi connectivity index (χ2n) is 4.68. The molecule has 17 heavy (non-hydrogen) atoms. The number of aromatic nitrogens is 1. The molecule has 94 valence electrons. The highest BCUT2D eigenvalue weighted by Gasteiger charge is 2.29. The molecule has 0 amide bonds. The van der Waals surface area contributed by atoms with Crippen LogP contribution in [0.5, 0.6) is 5.75 Å². The van der Waals surface area contributed by atoms with Crippen LogP contribution in [0.3, 0.4) is 0 Å². The van der Waals surface area contributed by atoms with E-state index < -0.39 is 0 Å². The van der Waals surface area contributed by atoms with Crippen molar-refractivity contribution in [3.8, 4) is 5.75 Å². The molecule has 0 saturated heterocycles. The van der Waals surface area contributed by atoms with Crippen LogP contribution < -0.4 is 10.1 Å². The van der Waals surface area contributed by atoms with Gasteiger partial charge in [-0.3, -0.25) is 4.98 Å². The topological polar surface area (TPSA) is 54.4 Å². The first-order chi connectivity index (χ1) is 8.19. The summed E-state index contributed by atoms with van der Waals surface area (Å²) < 4.78 is 5.19. The number of hydrogen-bond donors (Lipinski definition) is 2. The molecular weight excluding hydrogens is 216 g/mol.